The van der Waals surface area contributed by atoms with E-state index < -0.39 is 6.10 Å². The third-order valence-corrected chi connectivity index (χ3v) is 9.05. The van der Waals surface area contributed by atoms with Crippen molar-refractivity contribution in [1.82, 2.24) is 0 Å². The summed E-state index contributed by atoms with van der Waals surface area (Å²) in [7, 11) is 0. The number of hydrogen-bond acceptors (Lipinski definition) is 2. The lowest BCUT2D eigenvalue weighted by Crippen LogP contribution is -2.53. The van der Waals surface area contributed by atoms with E-state index in [1.54, 1.807) is 5.57 Å². The van der Waals surface area contributed by atoms with Gasteiger partial charge in [0, 0.05) is 6.42 Å². The number of rotatable bonds is 2. The van der Waals surface area contributed by atoms with E-state index in [1.807, 2.05) is 6.08 Å². The minimum absolute atomic E-state index is 0.0456. The summed E-state index contributed by atoms with van der Waals surface area (Å²) in [6.45, 7) is 9.48. The van der Waals surface area contributed by atoms with E-state index in [-0.39, 0.29) is 11.2 Å². The Kier molecular flexibility index (Phi) is 4.50. The van der Waals surface area contributed by atoms with Crippen LogP contribution in [0.4, 0.5) is 0 Å². The van der Waals surface area contributed by atoms with E-state index in [2.05, 4.69) is 33.8 Å². The molecule has 26 heavy (non-hydrogen) atoms. The van der Waals surface area contributed by atoms with Crippen LogP contribution in [0.3, 0.4) is 0 Å². The molecular formula is C24H36O2. The van der Waals surface area contributed by atoms with Gasteiger partial charge in [-0.3, -0.25) is 4.79 Å². The predicted molar refractivity (Wildman–Crippen MR) is 106 cm³/mol. The molecule has 0 aromatic rings. The smallest absolute Gasteiger partial charge is 0.155 e. The average Bonchev–Trinajstić information content (AvgIpc) is 2.94. The van der Waals surface area contributed by atoms with E-state index in [4.69, 9.17) is 0 Å². The van der Waals surface area contributed by atoms with Crippen molar-refractivity contribution in [3.63, 3.8) is 0 Å². The SMILES string of the molecule is CC/C=C(\C)[C@H]1CCC2C3CC(O)C4=CC(=O)CCC4(C)C3CCC21C. The highest BCUT2D eigenvalue weighted by Gasteiger charge is 2.60. The number of ketones is 1. The first-order chi connectivity index (χ1) is 12.3. The minimum Gasteiger partial charge on any atom is -0.389 e. The molecule has 0 aromatic heterocycles. The second-order valence-corrected chi connectivity index (χ2v) is 10.1. The first kappa shape index (κ1) is 18.5. The maximum Gasteiger partial charge on any atom is 0.155 e. The summed E-state index contributed by atoms with van der Waals surface area (Å²) in [5.74, 6) is 2.95. The molecule has 2 heteroatoms. The molecule has 4 aliphatic rings. The maximum absolute atomic E-state index is 12.0. The molecule has 0 aliphatic heterocycles. The normalized spacial score (nSPS) is 48.5. The van der Waals surface area contributed by atoms with Gasteiger partial charge in [0.2, 0.25) is 0 Å². The monoisotopic (exact) mass is 356 g/mol. The van der Waals surface area contributed by atoms with Crippen LogP contribution in [0.1, 0.15) is 79.1 Å². The fourth-order valence-corrected chi connectivity index (χ4v) is 7.82. The topological polar surface area (TPSA) is 37.3 Å². The molecule has 0 radical (unpaired) electrons. The van der Waals surface area contributed by atoms with Crippen LogP contribution in [0.2, 0.25) is 0 Å². The molecule has 3 saturated carbocycles. The third kappa shape index (κ3) is 2.51. The number of aliphatic hydroxyl groups excluding tert-OH is 1. The van der Waals surface area contributed by atoms with Gasteiger partial charge in [-0.05, 0) is 98.0 Å². The Balaban J connectivity index is 1.67. The van der Waals surface area contributed by atoms with Crippen molar-refractivity contribution in [2.45, 2.75) is 85.2 Å². The van der Waals surface area contributed by atoms with Crippen molar-refractivity contribution < 1.29 is 9.90 Å². The molecule has 7 atom stereocenters. The molecule has 0 saturated heterocycles. The molecule has 2 nitrogen and oxygen atoms in total. The van der Waals surface area contributed by atoms with Crippen molar-refractivity contribution in [2.24, 2.45) is 34.5 Å². The Morgan fingerprint density at radius 3 is 2.73 bits per heavy atom. The Bertz CT molecular complexity index is 659. The lowest BCUT2D eigenvalue weighted by molar-refractivity contribution is -0.119. The Morgan fingerprint density at radius 1 is 1.23 bits per heavy atom. The molecule has 0 amide bonds. The van der Waals surface area contributed by atoms with Crippen LogP contribution in [0.15, 0.2) is 23.3 Å². The zero-order valence-corrected chi connectivity index (χ0v) is 17.1. The third-order valence-electron chi connectivity index (χ3n) is 9.05. The second kappa shape index (κ2) is 6.33. The predicted octanol–water partition coefficient (Wildman–Crippen LogP) is 5.46. The average molecular weight is 357 g/mol. The van der Waals surface area contributed by atoms with E-state index in [1.165, 1.54) is 25.7 Å². The summed E-state index contributed by atoms with van der Waals surface area (Å²) in [5, 5.41) is 11.0. The lowest BCUT2D eigenvalue weighted by Gasteiger charge is -2.59. The minimum atomic E-state index is -0.404. The first-order valence-electron chi connectivity index (χ1n) is 10.9. The van der Waals surface area contributed by atoms with E-state index in [9.17, 15) is 9.90 Å². The Hall–Kier alpha value is -0.890. The molecule has 0 bridgehead atoms. The molecule has 0 aromatic carbocycles. The summed E-state index contributed by atoms with van der Waals surface area (Å²) in [5.41, 5.74) is 3.11. The fraction of sp³-hybridized carbons (Fsp3) is 0.792. The number of carbonyl (C=O) groups excluding carboxylic acids is 1. The number of hydrogen-bond donors (Lipinski definition) is 1. The molecule has 4 aliphatic carbocycles. The van der Waals surface area contributed by atoms with E-state index >= 15 is 0 Å². The standard InChI is InChI=1S/C24H36O2/c1-5-6-15(2)18-7-8-19-17-14-22(26)21-13-16(25)9-11-24(21,4)20(17)10-12-23(18,19)3/h6,13,17-20,22,26H,5,7-12,14H2,1-4H3/b15-6+/t17?,18-,19?,20?,22?,23?,24?/m1/s1. The van der Waals surface area contributed by atoms with Gasteiger partial charge < -0.3 is 5.11 Å². The van der Waals surface area contributed by atoms with Gasteiger partial charge in [-0.2, -0.15) is 0 Å². The molecule has 3 fully saturated rings. The summed E-state index contributed by atoms with van der Waals surface area (Å²) >= 11 is 0. The number of aliphatic hydroxyl groups is 1. The zero-order valence-electron chi connectivity index (χ0n) is 17.1. The zero-order chi connectivity index (χ0) is 18.7. The van der Waals surface area contributed by atoms with Crippen molar-refractivity contribution in [3.05, 3.63) is 23.3 Å². The van der Waals surface area contributed by atoms with Crippen LogP contribution < -0.4 is 0 Å². The number of carbonyl (C=O) groups is 1. The van der Waals surface area contributed by atoms with Crippen LogP contribution in [0.5, 0.6) is 0 Å². The summed E-state index contributed by atoms with van der Waals surface area (Å²) in [6.07, 6.45) is 12.7. The van der Waals surface area contributed by atoms with Crippen LogP contribution in [-0.4, -0.2) is 17.0 Å². The number of fused-ring (bicyclic) bond motifs is 5. The maximum atomic E-state index is 12.0. The molecule has 144 valence electrons. The van der Waals surface area contributed by atoms with Gasteiger partial charge in [0.05, 0.1) is 6.10 Å². The van der Waals surface area contributed by atoms with Gasteiger partial charge in [-0.1, -0.05) is 32.4 Å². The lowest BCUT2D eigenvalue weighted by atomic mass is 9.46. The van der Waals surface area contributed by atoms with Crippen molar-refractivity contribution in [3.8, 4) is 0 Å². The van der Waals surface area contributed by atoms with Crippen molar-refractivity contribution in [2.75, 3.05) is 0 Å². The molecular weight excluding hydrogens is 320 g/mol. The van der Waals surface area contributed by atoms with Gasteiger partial charge in [0.25, 0.3) is 0 Å². The summed E-state index contributed by atoms with van der Waals surface area (Å²) in [4.78, 5) is 12.0. The van der Waals surface area contributed by atoms with Crippen molar-refractivity contribution >= 4 is 5.78 Å². The van der Waals surface area contributed by atoms with Gasteiger partial charge in [0.1, 0.15) is 0 Å². The highest BCUT2D eigenvalue weighted by Crippen LogP contribution is 2.67. The van der Waals surface area contributed by atoms with Crippen LogP contribution in [0.25, 0.3) is 0 Å². The van der Waals surface area contributed by atoms with Crippen LogP contribution >= 0.6 is 0 Å². The highest BCUT2D eigenvalue weighted by molar-refractivity contribution is 5.91. The van der Waals surface area contributed by atoms with E-state index in [0.717, 1.165) is 36.7 Å². The van der Waals surface area contributed by atoms with Gasteiger partial charge in [0.15, 0.2) is 5.78 Å². The Morgan fingerprint density at radius 2 is 2.00 bits per heavy atom. The molecule has 0 spiro atoms. The molecule has 0 heterocycles. The number of allylic oxidation sites excluding steroid dienone is 2. The van der Waals surface area contributed by atoms with Crippen molar-refractivity contribution in [1.29, 1.82) is 0 Å². The van der Waals surface area contributed by atoms with E-state index in [0.29, 0.717) is 23.7 Å². The largest absolute Gasteiger partial charge is 0.389 e. The van der Waals surface area contributed by atoms with Crippen LogP contribution in [-0.2, 0) is 4.79 Å². The fourth-order valence-electron chi connectivity index (χ4n) is 7.82. The summed E-state index contributed by atoms with van der Waals surface area (Å²) < 4.78 is 0. The highest BCUT2D eigenvalue weighted by atomic mass is 16.3. The molecule has 4 rings (SSSR count). The second-order valence-electron chi connectivity index (χ2n) is 10.1. The Labute approximate surface area is 159 Å². The molecule has 6 unspecified atom stereocenters. The van der Waals surface area contributed by atoms with Gasteiger partial charge >= 0.3 is 0 Å². The van der Waals surface area contributed by atoms with Crippen LogP contribution in [0, 0.1) is 34.5 Å². The summed E-state index contributed by atoms with van der Waals surface area (Å²) in [6, 6.07) is 0. The van der Waals surface area contributed by atoms with Gasteiger partial charge in [-0.25, -0.2) is 0 Å². The quantitative estimate of drug-likeness (QED) is 0.667. The van der Waals surface area contributed by atoms with Gasteiger partial charge in [-0.15, -0.1) is 0 Å². The molecule has 1 N–H and O–H groups in total. The first-order valence-corrected chi connectivity index (χ1v) is 10.9.